The van der Waals surface area contributed by atoms with Gasteiger partial charge in [0.05, 0.1) is 20.8 Å². The Morgan fingerprint density at radius 3 is 2.71 bits per heavy atom. The van der Waals surface area contributed by atoms with Crippen molar-refractivity contribution >= 4 is 0 Å². The Balaban J connectivity index is 2.21. The van der Waals surface area contributed by atoms with E-state index >= 15 is 0 Å². The molecule has 5 heteroatoms. The van der Waals surface area contributed by atoms with Gasteiger partial charge < -0.3 is 14.6 Å². The Morgan fingerprint density at radius 2 is 2.19 bits per heavy atom. The first-order valence-electron chi connectivity index (χ1n) is 7.44. The Labute approximate surface area is 126 Å². The highest BCUT2D eigenvalue weighted by molar-refractivity contribution is 5.42. The molecule has 5 nitrogen and oxygen atoms in total. The lowest BCUT2D eigenvalue weighted by atomic mass is 9.95. The highest BCUT2D eigenvalue weighted by Crippen LogP contribution is 2.39. The molecule has 1 aliphatic rings. The number of likely N-dealkylation sites (N-methyl/N-ethyl adjacent to an activating group) is 1. The first kappa shape index (κ1) is 16.0. The van der Waals surface area contributed by atoms with Crippen molar-refractivity contribution in [2.45, 2.75) is 38.3 Å². The number of aliphatic hydroxyl groups excluding tert-OH is 1. The lowest BCUT2D eigenvalue weighted by Gasteiger charge is -2.37. The van der Waals surface area contributed by atoms with Gasteiger partial charge >= 0.3 is 0 Å². The van der Waals surface area contributed by atoms with Crippen molar-refractivity contribution in [1.82, 2.24) is 9.88 Å². The first-order valence-corrected chi connectivity index (χ1v) is 7.44. The Kier molecular flexibility index (Phi) is 5.06. The third-order valence-electron chi connectivity index (χ3n) is 4.69. The molecule has 0 spiro atoms. The zero-order valence-electron chi connectivity index (χ0n) is 13.4. The van der Waals surface area contributed by atoms with Gasteiger partial charge in [-0.2, -0.15) is 0 Å². The molecule has 1 heterocycles. The maximum Gasteiger partial charge on any atom is 0.183 e. The molecule has 1 N–H and O–H groups in total. The number of hydrogen-bond acceptors (Lipinski definition) is 5. The topological polar surface area (TPSA) is 54.8 Å². The average Bonchev–Trinajstić information content (AvgIpc) is 2.89. The molecule has 0 unspecified atom stereocenters. The van der Waals surface area contributed by atoms with E-state index in [0.717, 1.165) is 25.0 Å². The summed E-state index contributed by atoms with van der Waals surface area (Å²) in [4.78, 5) is 6.63. The smallest absolute Gasteiger partial charge is 0.183 e. The van der Waals surface area contributed by atoms with Gasteiger partial charge in [0.15, 0.2) is 11.5 Å². The molecular weight excluding hydrogens is 268 g/mol. The third-order valence-corrected chi connectivity index (χ3v) is 4.69. The number of methoxy groups -OCH3 is 2. The predicted octanol–water partition coefficient (Wildman–Crippen LogP) is 2.08. The molecular formula is C16H26N2O3. The SMILES string of the molecule is COc1ccnc(CN(C)[C@]2(CO)CC[C@@H](C)C2)c1OC. The van der Waals surface area contributed by atoms with Crippen LogP contribution in [-0.2, 0) is 6.54 Å². The summed E-state index contributed by atoms with van der Waals surface area (Å²) in [5.41, 5.74) is 0.696. The molecule has 118 valence electrons. The molecule has 0 bridgehead atoms. The number of aromatic nitrogens is 1. The van der Waals surface area contributed by atoms with Crippen molar-refractivity contribution in [3.8, 4) is 11.5 Å². The number of hydrogen-bond donors (Lipinski definition) is 1. The minimum absolute atomic E-state index is 0.144. The maximum absolute atomic E-state index is 9.89. The van der Waals surface area contributed by atoms with Gasteiger partial charge in [0.2, 0.25) is 0 Å². The quantitative estimate of drug-likeness (QED) is 0.870. The fraction of sp³-hybridized carbons (Fsp3) is 0.688. The second-order valence-corrected chi connectivity index (χ2v) is 6.08. The molecule has 1 fully saturated rings. The molecule has 0 radical (unpaired) electrons. The number of pyridine rings is 1. The summed E-state index contributed by atoms with van der Waals surface area (Å²) >= 11 is 0. The third kappa shape index (κ3) is 3.14. The minimum atomic E-state index is -0.144. The lowest BCUT2D eigenvalue weighted by Crippen LogP contribution is -2.47. The number of aliphatic hydroxyl groups is 1. The Bertz CT molecular complexity index is 481. The van der Waals surface area contributed by atoms with E-state index in [1.807, 2.05) is 0 Å². The standard InChI is InChI=1S/C16H26N2O3/c1-12-5-7-16(9-12,11-19)18(2)10-13-15(21-4)14(20-3)6-8-17-13/h6,8,12,19H,5,7,9-11H2,1-4H3/t12-,16-/m1/s1. The fourth-order valence-corrected chi connectivity index (χ4v) is 3.33. The molecule has 0 aromatic carbocycles. The van der Waals surface area contributed by atoms with Crippen molar-refractivity contribution < 1.29 is 14.6 Å². The summed E-state index contributed by atoms with van der Waals surface area (Å²) in [6.45, 7) is 3.06. The summed E-state index contributed by atoms with van der Waals surface area (Å²) in [7, 11) is 5.30. The molecule has 1 aliphatic carbocycles. The van der Waals surface area contributed by atoms with E-state index in [1.54, 1.807) is 26.5 Å². The van der Waals surface area contributed by atoms with Crippen LogP contribution in [0.15, 0.2) is 12.3 Å². The summed E-state index contributed by atoms with van der Waals surface area (Å²) in [5, 5.41) is 9.89. The van der Waals surface area contributed by atoms with Crippen LogP contribution in [0, 0.1) is 5.92 Å². The Morgan fingerprint density at radius 1 is 1.43 bits per heavy atom. The van der Waals surface area contributed by atoms with Gasteiger partial charge in [-0.1, -0.05) is 6.92 Å². The van der Waals surface area contributed by atoms with E-state index in [1.165, 1.54) is 0 Å². The van der Waals surface area contributed by atoms with Crippen LogP contribution in [0.25, 0.3) is 0 Å². The molecule has 1 aromatic heterocycles. The van der Waals surface area contributed by atoms with Crippen LogP contribution in [-0.4, -0.2) is 48.4 Å². The van der Waals surface area contributed by atoms with Crippen LogP contribution in [0.5, 0.6) is 11.5 Å². The van der Waals surface area contributed by atoms with E-state index in [2.05, 4.69) is 23.9 Å². The molecule has 0 saturated heterocycles. The number of rotatable bonds is 6. The molecule has 2 atom stereocenters. The van der Waals surface area contributed by atoms with Crippen molar-refractivity contribution in [2.24, 2.45) is 5.92 Å². The van der Waals surface area contributed by atoms with Crippen molar-refractivity contribution in [1.29, 1.82) is 0 Å². The number of ether oxygens (including phenoxy) is 2. The van der Waals surface area contributed by atoms with Crippen molar-refractivity contribution in [3.05, 3.63) is 18.0 Å². The summed E-state index contributed by atoms with van der Waals surface area (Å²) < 4.78 is 10.8. The van der Waals surface area contributed by atoms with Gasteiger partial charge in [-0.3, -0.25) is 9.88 Å². The van der Waals surface area contributed by atoms with Crippen LogP contribution < -0.4 is 9.47 Å². The lowest BCUT2D eigenvalue weighted by molar-refractivity contribution is 0.0442. The van der Waals surface area contributed by atoms with Gasteiger partial charge in [-0.15, -0.1) is 0 Å². The molecule has 1 saturated carbocycles. The van der Waals surface area contributed by atoms with E-state index in [0.29, 0.717) is 24.0 Å². The van der Waals surface area contributed by atoms with Crippen LogP contribution in [0.4, 0.5) is 0 Å². The van der Waals surface area contributed by atoms with E-state index in [4.69, 9.17) is 9.47 Å². The molecule has 0 amide bonds. The summed E-state index contributed by atoms with van der Waals surface area (Å²) in [5.74, 6) is 2.01. The van der Waals surface area contributed by atoms with E-state index in [9.17, 15) is 5.11 Å². The van der Waals surface area contributed by atoms with Gasteiger partial charge in [0.1, 0.15) is 5.69 Å². The summed E-state index contributed by atoms with van der Waals surface area (Å²) in [6, 6.07) is 1.79. The molecule has 1 aromatic rings. The van der Waals surface area contributed by atoms with Crippen LogP contribution in [0.1, 0.15) is 31.9 Å². The van der Waals surface area contributed by atoms with Crippen LogP contribution >= 0.6 is 0 Å². The Hall–Kier alpha value is -1.33. The zero-order valence-corrected chi connectivity index (χ0v) is 13.4. The molecule has 2 rings (SSSR count). The summed E-state index contributed by atoms with van der Waals surface area (Å²) in [6.07, 6.45) is 4.93. The van der Waals surface area contributed by atoms with Crippen molar-refractivity contribution in [2.75, 3.05) is 27.9 Å². The van der Waals surface area contributed by atoms with Gasteiger partial charge in [-0.05, 0) is 32.2 Å². The molecule has 21 heavy (non-hydrogen) atoms. The van der Waals surface area contributed by atoms with Gasteiger partial charge in [-0.25, -0.2) is 0 Å². The van der Waals surface area contributed by atoms with Crippen LogP contribution in [0.2, 0.25) is 0 Å². The zero-order chi connectivity index (χ0) is 15.5. The predicted molar refractivity (Wildman–Crippen MR) is 81.6 cm³/mol. The van der Waals surface area contributed by atoms with Gasteiger partial charge in [0, 0.05) is 24.3 Å². The second kappa shape index (κ2) is 6.62. The largest absolute Gasteiger partial charge is 0.493 e. The highest BCUT2D eigenvalue weighted by atomic mass is 16.5. The van der Waals surface area contributed by atoms with E-state index in [-0.39, 0.29) is 12.1 Å². The monoisotopic (exact) mass is 294 g/mol. The normalized spacial score (nSPS) is 25.3. The van der Waals surface area contributed by atoms with Gasteiger partial charge in [0.25, 0.3) is 0 Å². The maximum atomic E-state index is 9.89. The fourth-order valence-electron chi connectivity index (χ4n) is 3.33. The second-order valence-electron chi connectivity index (χ2n) is 6.08. The average molecular weight is 294 g/mol. The molecule has 0 aliphatic heterocycles. The number of nitrogens with zero attached hydrogens (tertiary/aromatic N) is 2. The highest BCUT2D eigenvalue weighted by Gasteiger charge is 2.40. The van der Waals surface area contributed by atoms with Crippen molar-refractivity contribution in [3.63, 3.8) is 0 Å². The van der Waals surface area contributed by atoms with Crippen LogP contribution in [0.3, 0.4) is 0 Å². The first-order chi connectivity index (χ1) is 10.1. The van der Waals surface area contributed by atoms with E-state index < -0.39 is 0 Å². The minimum Gasteiger partial charge on any atom is -0.493 e.